The lowest BCUT2D eigenvalue weighted by Gasteiger charge is -2.09. The number of nitrogens with two attached hydrogens (primary N) is 1. The van der Waals surface area contributed by atoms with Gasteiger partial charge in [0.15, 0.2) is 5.82 Å². The molecule has 0 amide bonds. The molecule has 0 fully saturated rings. The Morgan fingerprint density at radius 1 is 1.39 bits per heavy atom. The van der Waals surface area contributed by atoms with E-state index in [1.807, 2.05) is 36.7 Å². The van der Waals surface area contributed by atoms with Gasteiger partial charge in [0, 0.05) is 13.6 Å². The van der Waals surface area contributed by atoms with E-state index in [1.54, 1.807) is 0 Å². The highest BCUT2D eigenvalue weighted by atomic mass is 79.9. The van der Waals surface area contributed by atoms with Crippen molar-refractivity contribution in [3.8, 4) is 5.75 Å². The maximum Gasteiger partial charge on any atom is 0.170 e. The van der Waals surface area contributed by atoms with E-state index >= 15 is 0 Å². The Morgan fingerprint density at radius 2 is 2.17 bits per heavy atom. The molecule has 0 radical (unpaired) electrons. The zero-order chi connectivity index (χ0) is 13.1. The Hall–Kier alpha value is -1.40. The van der Waals surface area contributed by atoms with Crippen LogP contribution in [0.1, 0.15) is 17.2 Å². The molecule has 2 rings (SSSR count). The summed E-state index contributed by atoms with van der Waals surface area (Å²) in [6.45, 7) is 2.81. The first-order valence-corrected chi connectivity index (χ1v) is 6.37. The summed E-state index contributed by atoms with van der Waals surface area (Å²) in [6.07, 6.45) is 0. The molecule has 5 nitrogen and oxygen atoms in total. The summed E-state index contributed by atoms with van der Waals surface area (Å²) in [6, 6.07) is 5.80. The molecule has 18 heavy (non-hydrogen) atoms. The second-order valence-corrected chi connectivity index (χ2v) is 4.83. The molecule has 1 aromatic heterocycles. The highest BCUT2D eigenvalue weighted by Gasteiger charge is 2.07. The van der Waals surface area contributed by atoms with Crippen LogP contribution in [0.5, 0.6) is 5.75 Å². The smallest absolute Gasteiger partial charge is 0.170 e. The van der Waals surface area contributed by atoms with E-state index in [2.05, 4.69) is 26.1 Å². The molecule has 0 unspecified atom stereocenters. The number of benzene rings is 1. The summed E-state index contributed by atoms with van der Waals surface area (Å²) in [5.41, 5.74) is 6.63. The van der Waals surface area contributed by atoms with Crippen molar-refractivity contribution in [1.29, 1.82) is 0 Å². The van der Waals surface area contributed by atoms with Crippen LogP contribution in [-0.2, 0) is 20.2 Å². The van der Waals surface area contributed by atoms with E-state index in [0.717, 1.165) is 27.4 Å². The van der Waals surface area contributed by atoms with Crippen LogP contribution in [0.15, 0.2) is 22.7 Å². The van der Waals surface area contributed by atoms with Gasteiger partial charge in [0.05, 0.1) is 4.47 Å². The summed E-state index contributed by atoms with van der Waals surface area (Å²) in [5.74, 6) is 2.43. The van der Waals surface area contributed by atoms with Crippen LogP contribution in [0.25, 0.3) is 0 Å². The predicted molar refractivity (Wildman–Crippen MR) is 72.1 cm³/mol. The van der Waals surface area contributed by atoms with Gasteiger partial charge in [0.2, 0.25) is 0 Å². The van der Waals surface area contributed by atoms with Crippen molar-refractivity contribution in [3.63, 3.8) is 0 Å². The van der Waals surface area contributed by atoms with Crippen molar-refractivity contribution in [3.05, 3.63) is 39.9 Å². The average Bonchev–Trinajstić information content (AvgIpc) is 2.68. The Bertz CT molecular complexity index is 553. The number of aromatic nitrogens is 3. The van der Waals surface area contributed by atoms with Crippen LogP contribution in [-0.4, -0.2) is 14.8 Å². The largest absolute Gasteiger partial charge is 0.484 e. The third-order valence-electron chi connectivity index (χ3n) is 2.77. The molecule has 0 bridgehead atoms. The van der Waals surface area contributed by atoms with Crippen molar-refractivity contribution in [2.75, 3.05) is 0 Å². The summed E-state index contributed by atoms with van der Waals surface area (Å²) in [4.78, 5) is 0. The first-order valence-electron chi connectivity index (χ1n) is 5.58. The molecule has 0 atom stereocenters. The van der Waals surface area contributed by atoms with Gasteiger partial charge in [-0.2, -0.15) is 0 Å². The number of rotatable bonds is 4. The lowest BCUT2D eigenvalue weighted by atomic mass is 10.2. The highest BCUT2D eigenvalue weighted by molar-refractivity contribution is 9.10. The molecule has 6 heteroatoms. The molecule has 0 aliphatic carbocycles. The Morgan fingerprint density at radius 3 is 2.72 bits per heavy atom. The predicted octanol–water partition coefficient (Wildman–Crippen LogP) is 1.92. The Labute approximate surface area is 114 Å². The van der Waals surface area contributed by atoms with Gasteiger partial charge in [-0.15, -0.1) is 10.2 Å². The normalized spacial score (nSPS) is 10.7. The number of hydrogen-bond donors (Lipinski definition) is 1. The summed E-state index contributed by atoms with van der Waals surface area (Å²) in [5, 5.41) is 8.03. The second-order valence-electron chi connectivity index (χ2n) is 3.98. The SMILES string of the molecule is Cc1nnc(COc2ccc(CN)cc2Br)n1C. The van der Waals surface area contributed by atoms with E-state index in [1.165, 1.54) is 0 Å². The van der Waals surface area contributed by atoms with Crippen LogP contribution < -0.4 is 10.5 Å². The van der Waals surface area contributed by atoms with Crippen LogP contribution in [0, 0.1) is 6.92 Å². The number of nitrogens with zero attached hydrogens (tertiary/aromatic N) is 3. The molecule has 0 saturated carbocycles. The van der Waals surface area contributed by atoms with Crippen molar-refractivity contribution in [1.82, 2.24) is 14.8 Å². The van der Waals surface area contributed by atoms with Crippen LogP contribution in [0.2, 0.25) is 0 Å². The van der Waals surface area contributed by atoms with Gasteiger partial charge in [0.1, 0.15) is 18.2 Å². The zero-order valence-corrected chi connectivity index (χ0v) is 11.9. The first-order chi connectivity index (χ1) is 8.61. The van der Waals surface area contributed by atoms with Gasteiger partial charge in [-0.25, -0.2) is 0 Å². The number of ether oxygens (including phenoxy) is 1. The minimum atomic E-state index is 0.387. The van der Waals surface area contributed by atoms with Crippen LogP contribution in [0.4, 0.5) is 0 Å². The number of hydrogen-bond acceptors (Lipinski definition) is 4. The molecule has 96 valence electrons. The molecule has 2 N–H and O–H groups in total. The number of aryl methyl sites for hydroxylation is 1. The molecule has 0 aliphatic heterocycles. The molecular weight excluding hydrogens is 296 g/mol. The molecule has 0 aliphatic rings. The molecule has 0 saturated heterocycles. The molecular formula is C12H15BrN4O. The lowest BCUT2D eigenvalue weighted by molar-refractivity contribution is 0.289. The summed E-state index contributed by atoms with van der Waals surface area (Å²) in [7, 11) is 1.92. The lowest BCUT2D eigenvalue weighted by Crippen LogP contribution is -2.05. The molecule has 1 heterocycles. The van der Waals surface area contributed by atoms with Gasteiger partial charge < -0.3 is 15.0 Å². The highest BCUT2D eigenvalue weighted by Crippen LogP contribution is 2.26. The van der Waals surface area contributed by atoms with Crippen molar-refractivity contribution in [2.24, 2.45) is 12.8 Å². The maximum atomic E-state index is 5.71. The van der Waals surface area contributed by atoms with E-state index in [0.29, 0.717) is 13.2 Å². The second kappa shape index (κ2) is 5.49. The maximum absolute atomic E-state index is 5.71. The van der Waals surface area contributed by atoms with Crippen LogP contribution in [0.3, 0.4) is 0 Å². The van der Waals surface area contributed by atoms with Crippen molar-refractivity contribution < 1.29 is 4.74 Å². The molecule has 0 spiro atoms. The summed E-state index contributed by atoms with van der Waals surface area (Å²) >= 11 is 3.46. The standard InChI is InChI=1S/C12H15BrN4O/c1-8-15-16-12(17(8)2)7-18-11-4-3-9(6-14)5-10(11)13/h3-5H,6-7,14H2,1-2H3. The zero-order valence-electron chi connectivity index (χ0n) is 10.4. The first kappa shape index (κ1) is 13.0. The minimum absolute atomic E-state index is 0.387. The monoisotopic (exact) mass is 310 g/mol. The van der Waals surface area contributed by atoms with Gasteiger partial charge in [0.25, 0.3) is 0 Å². The Balaban J connectivity index is 2.08. The average molecular weight is 311 g/mol. The van der Waals surface area contributed by atoms with E-state index in [9.17, 15) is 0 Å². The summed E-state index contributed by atoms with van der Waals surface area (Å²) < 4.78 is 8.50. The fourth-order valence-corrected chi connectivity index (χ4v) is 2.05. The topological polar surface area (TPSA) is 66.0 Å². The number of halogens is 1. The van der Waals surface area contributed by atoms with Crippen molar-refractivity contribution >= 4 is 15.9 Å². The van der Waals surface area contributed by atoms with Gasteiger partial charge in [-0.1, -0.05) is 6.07 Å². The van der Waals surface area contributed by atoms with Crippen LogP contribution >= 0.6 is 15.9 Å². The van der Waals surface area contributed by atoms with E-state index in [4.69, 9.17) is 10.5 Å². The Kier molecular flexibility index (Phi) is 3.98. The van der Waals surface area contributed by atoms with Crippen molar-refractivity contribution in [2.45, 2.75) is 20.1 Å². The molecule has 1 aromatic carbocycles. The minimum Gasteiger partial charge on any atom is -0.484 e. The third-order valence-corrected chi connectivity index (χ3v) is 3.39. The van der Waals surface area contributed by atoms with E-state index in [-0.39, 0.29) is 0 Å². The molecule has 2 aromatic rings. The van der Waals surface area contributed by atoms with Gasteiger partial charge in [-0.3, -0.25) is 0 Å². The van der Waals surface area contributed by atoms with E-state index < -0.39 is 0 Å². The van der Waals surface area contributed by atoms with Gasteiger partial charge >= 0.3 is 0 Å². The van der Waals surface area contributed by atoms with Gasteiger partial charge in [-0.05, 0) is 40.5 Å². The fraction of sp³-hybridized carbons (Fsp3) is 0.333. The quantitative estimate of drug-likeness (QED) is 0.937. The third kappa shape index (κ3) is 2.70. The fourth-order valence-electron chi connectivity index (χ4n) is 1.51.